The third-order valence-corrected chi connectivity index (χ3v) is 1.55. The Labute approximate surface area is 78.3 Å². The Hall–Kier alpha value is -1.57. The summed E-state index contributed by atoms with van der Waals surface area (Å²) < 4.78 is 5.07. The summed E-state index contributed by atoms with van der Waals surface area (Å²) >= 11 is 0. The normalized spacial score (nSPS) is 11.5. The largest absolute Gasteiger partial charge is 0.449 e. The van der Waals surface area contributed by atoms with E-state index in [1.165, 1.54) is 0 Å². The van der Waals surface area contributed by atoms with E-state index in [1.54, 1.807) is 6.26 Å². The monoisotopic (exact) mass is 175 g/mol. The van der Waals surface area contributed by atoms with Crippen molar-refractivity contribution in [3.8, 4) is 0 Å². The Morgan fingerprint density at radius 1 is 1.54 bits per heavy atom. The molecule has 0 aliphatic heterocycles. The molecule has 0 amide bonds. The van der Waals surface area contributed by atoms with Crippen LogP contribution < -0.4 is 0 Å². The summed E-state index contributed by atoms with van der Waals surface area (Å²) in [6, 6.07) is 0. The van der Waals surface area contributed by atoms with Gasteiger partial charge in [0.05, 0.1) is 0 Å². The zero-order valence-corrected chi connectivity index (χ0v) is 7.95. The molecule has 0 fully saturated rings. The fraction of sp³-hybridized carbons (Fsp3) is 0.182. The van der Waals surface area contributed by atoms with Crippen molar-refractivity contribution >= 4 is 5.57 Å². The average Bonchev–Trinajstić information content (AvgIpc) is 2.52. The van der Waals surface area contributed by atoms with Gasteiger partial charge in [-0.05, 0) is 12.5 Å². The lowest BCUT2D eigenvalue weighted by molar-refractivity contribution is 0.521. The van der Waals surface area contributed by atoms with E-state index in [0.717, 1.165) is 11.3 Å². The van der Waals surface area contributed by atoms with E-state index < -0.39 is 0 Å². The number of hydrogen-bond acceptors (Lipinski definition) is 2. The highest BCUT2D eigenvalue weighted by molar-refractivity contribution is 5.69. The molecule has 0 aliphatic rings. The molecule has 2 nitrogen and oxygen atoms in total. The third kappa shape index (κ3) is 2.75. The van der Waals surface area contributed by atoms with Gasteiger partial charge in [-0.2, -0.15) is 0 Å². The van der Waals surface area contributed by atoms with Crippen molar-refractivity contribution < 1.29 is 4.42 Å². The van der Waals surface area contributed by atoms with E-state index >= 15 is 0 Å². The maximum Gasteiger partial charge on any atom is 0.191 e. The average molecular weight is 175 g/mol. The Morgan fingerprint density at radius 3 is 2.85 bits per heavy atom. The smallest absolute Gasteiger partial charge is 0.191 e. The molecule has 0 atom stereocenters. The Bertz CT molecular complexity index is 345. The zero-order valence-electron chi connectivity index (χ0n) is 7.95. The van der Waals surface area contributed by atoms with Crippen LogP contribution in [0.5, 0.6) is 0 Å². The van der Waals surface area contributed by atoms with E-state index in [4.69, 9.17) is 4.42 Å². The molecule has 0 unspecified atom stereocenters. The molecule has 0 radical (unpaired) electrons. The Kier molecular flexibility index (Phi) is 3.26. The van der Waals surface area contributed by atoms with Gasteiger partial charge in [-0.1, -0.05) is 30.9 Å². The van der Waals surface area contributed by atoms with Crippen LogP contribution in [0.2, 0.25) is 0 Å². The van der Waals surface area contributed by atoms with Gasteiger partial charge in [0.25, 0.3) is 0 Å². The zero-order chi connectivity index (χ0) is 9.68. The van der Waals surface area contributed by atoms with Gasteiger partial charge in [0, 0.05) is 6.92 Å². The SMILES string of the molecule is C=C(/C=C\C=C/C)c1coc(C)n1. The second kappa shape index (κ2) is 4.45. The van der Waals surface area contributed by atoms with Gasteiger partial charge in [-0.25, -0.2) is 4.98 Å². The van der Waals surface area contributed by atoms with E-state index in [1.807, 2.05) is 38.2 Å². The Morgan fingerprint density at radius 2 is 2.31 bits per heavy atom. The molecule has 1 heterocycles. The van der Waals surface area contributed by atoms with E-state index in [-0.39, 0.29) is 0 Å². The third-order valence-electron chi connectivity index (χ3n) is 1.55. The van der Waals surface area contributed by atoms with Crippen molar-refractivity contribution in [1.82, 2.24) is 4.98 Å². The van der Waals surface area contributed by atoms with Crippen LogP contribution in [0.3, 0.4) is 0 Å². The number of aryl methyl sites for hydroxylation is 1. The lowest BCUT2D eigenvalue weighted by atomic mass is 10.2. The molecule has 1 aromatic heterocycles. The molecule has 0 spiro atoms. The van der Waals surface area contributed by atoms with Crippen molar-refractivity contribution in [2.45, 2.75) is 13.8 Å². The highest BCUT2D eigenvalue weighted by Crippen LogP contribution is 2.12. The molecule has 2 heteroatoms. The minimum absolute atomic E-state index is 0.663. The summed E-state index contributed by atoms with van der Waals surface area (Å²) in [5.41, 5.74) is 1.65. The van der Waals surface area contributed by atoms with Gasteiger partial charge in [0.15, 0.2) is 5.89 Å². The van der Waals surface area contributed by atoms with Crippen LogP contribution in [0.1, 0.15) is 18.5 Å². The molecule has 0 bridgehead atoms. The number of hydrogen-bond donors (Lipinski definition) is 0. The number of aromatic nitrogens is 1. The molecule has 0 saturated heterocycles. The molecule has 0 N–H and O–H groups in total. The van der Waals surface area contributed by atoms with Crippen molar-refractivity contribution in [3.05, 3.63) is 48.7 Å². The standard InChI is InChI=1S/C11H13NO/c1-4-5-6-7-9(2)11-8-13-10(3)12-11/h4-8H,2H2,1,3H3/b5-4-,7-6-. The minimum Gasteiger partial charge on any atom is -0.449 e. The fourth-order valence-electron chi connectivity index (χ4n) is 0.879. The van der Waals surface area contributed by atoms with Crippen molar-refractivity contribution in [1.29, 1.82) is 0 Å². The first-order chi connectivity index (χ1) is 6.24. The highest BCUT2D eigenvalue weighted by atomic mass is 16.3. The Balaban J connectivity index is 2.69. The van der Waals surface area contributed by atoms with Crippen LogP contribution in [0.25, 0.3) is 5.57 Å². The van der Waals surface area contributed by atoms with Crippen LogP contribution in [0.15, 0.2) is 41.6 Å². The van der Waals surface area contributed by atoms with Gasteiger partial charge in [0.2, 0.25) is 0 Å². The van der Waals surface area contributed by atoms with Gasteiger partial charge < -0.3 is 4.42 Å². The summed E-state index contributed by atoms with van der Waals surface area (Å²) in [6.07, 6.45) is 9.33. The van der Waals surface area contributed by atoms with Crippen LogP contribution in [-0.2, 0) is 0 Å². The first-order valence-corrected chi connectivity index (χ1v) is 4.15. The van der Waals surface area contributed by atoms with Gasteiger partial charge in [0.1, 0.15) is 12.0 Å². The predicted octanol–water partition coefficient (Wildman–Crippen LogP) is 3.13. The van der Waals surface area contributed by atoms with Crippen LogP contribution in [0.4, 0.5) is 0 Å². The molecule has 1 rings (SSSR count). The van der Waals surface area contributed by atoms with Crippen LogP contribution in [-0.4, -0.2) is 4.98 Å². The van der Waals surface area contributed by atoms with E-state index in [2.05, 4.69) is 11.6 Å². The molecule has 0 aliphatic carbocycles. The fourth-order valence-corrected chi connectivity index (χ4v) is 0.879. The van der Waals surface area contributed by atoms with Crippen LogP contribution in [0, 0.1) is 6.92 Å². The number of oxazole rings is 1. The maximum absolute atomic E-state index is 5.07. The first kappa shape index (κ1) is 9.52. The van der Waals surface area contributed by atoms with Crippen molar-refractivity contribution in [2.75, 3.05) is 0 Å². The molecule has 13 heavy (non-hydrogen) atoms. The summed E-state index contributed by atoms with van der Waals surface area (Å²) in [4.78, 5) is 4.15. The maximum atomic E-state index is 5.07. The lowest BCUT2D eigenvalue weighted by Gasteiger charge is -1.89. The molecule has 1 aromatic rings. The lowest BCUT2D eigenvalue weighted by Crippen LogP contribution is -1.78. The summed E-state index contributed by atoms with van der Waals surface area (Å²) in [7, 11) is 0. The van der Waals surface area contributed by atoms with E-state index in [9.17, 15) is 0 Å². The van der Waals surface area contributed by atoms with Gasteiger partial charge in [-0.15, -0.1) is 0 Å². The van der Waals surface area contributed by atoms with Crippen molar-refractivity contribution in [3.63, 3.8) is 0 Å². The summed E-state index contributed by atoms with van der Waals surface area (Å²) in [5.74, 6) is 0.663. The second-order valence-corrected chi connectivity index (χ2v) is 2.66. The first-order valence-electron chi connectivity index (χ1n) is 4.15. The second-order valence-electron chi connectivity index (χ2n) is 2.66. The van der Waals surface area contributed by atoms with Crippen molar-refractivity contribution in [2.24, 2.45) is 0 Å². The summed E-state index contributed by atoms with van der Waals surface area (Å²) in [5, 5.41) is 0. The van der Waals surface area contributed by atoms with Crippen LogP contribution >= 0.6 is 0 Å². The number of rotatable bonds is 3. The minimum atomic E-state index is 0.663. The molecule has 0 saturated carbocycles. The predicted molar refractivity (Wildman–Crippen MR) is 54.2 cm³/mol. The summed E-state index contributed by atoms with van der Waals surface area (Å²) in [6.45, 7) is 7.64. The molecule has 68 valence electrons. The quantitative estimate of drug-likeness (QED) is 0.659. The van der Waals surface area contributed by atoms with E-state index in [0.29, 0.717) is 5.89 Å². The van der Waals surface area contributed by atoms with Gasteiger partial charge in [-0.3, -0.25) is 0 Å². The number of nitrogens with zero attached hydrogens (tertiary/aromatic N) is 1. The van der Waals surface area contributed by atoms with Gasteiger partial charge >= 0.3 is 0 Å². The molecule has 0 aromatic carbocycles. The highest BCUT2D eigenvalue weighted by Gasteiger charge is 1.99. The molecular formula is C11H13NO. The molecular weight excluding hydrogens is 162 g/mol. The number of allylic oxidation sites excluding steroid dienone is 5. The topological polar surface area (TPSA) is 26.0 Å².